The molecule has 0 spiro atoms. The third-order valence-corrected chi connectivity index (χ3v) is 2.07. The second kappa shape index (κ2) is 3.53. The first-order chi connectivity index (χ1) is 6.34. The van der Waals surface area contributed by atoms with Gasteiger partial charge >= 0.3 is 0 Å². The van der Waals surface area contributed by atoms with Crippen molar-refractivity contribution in [3.8, 4) is 0 Å². The van der Waals surface area contributed by atoms with Gasteiger partial charge in [0.25, 0.3) is 0 Å². The lowest BCUT2D eigenvalue weighted by Gasteiger charge is -1.95. The van der Waals surface area contributed by atoms with Gasteiger partial charge in [-0.1, -0.05) is 11.3 Å². The van der Waals surface area contributed by atoms with Crippen molar-refractivity contribution < 1.29 is 4.42 Å². The van der Waals surface area contributed by atoms with Gasteiger partial charge in [0.05, 0.1) is 12.7 Å². The van der Waals surface area contributed by atoms with Gasteiger partial charge in [0, 0.05) is 0 Å². The maximum atomic E-state index is 5.26. The number of aryl methyl sites for hydroxylation is 1. The van der Waals surface area contributed by atoms with E-state index in [1.54, 1.807) is 11.7 Å². The Labute approximate surface area is 78.8 Å². The maximum Gasteiger partial charge on any atom is 0.213 e. The molecule has 0 amide bonds. The Morgan fingerprint density at radius 2 is 2.54 bits per heavy atom. The average Bonchev–Trinajstić information content (AvgIpc) is 2.71. The third-order valence-electron chi connectivity index (χ3n) is 1.42. The van der Waals surface area contributed by atoms with E-state index in [1.165, 1.54) is 11.3 Å². The summed E-state index contributed by atoms with van der Waals surface area (Å²) in [5, 5.41) is 11.3. The van der Waals surface area contributed by atoms with Crippen LogP contribution in [0.2, 0.25) is 0 Å². The number of aromatic nitrogens is 3. The summed E-state index contributed by atoms with van der Waals surface area (Å²) in [6.07, 6.45) is 1.69. The molecule has 0 aromatic carbocycles. The van der Waals surface area contributed by atoms with Crippen LogP contribution < -0.4 is 5.32 Å². The van der Waals surface area contributed by atoms with Crippen molar-refractivity contribution in [2.75, 3.05) is 5.32 Å². The molecule has 13 heavy (non-hydrogen) atoms. The largest absolute Gasteiger partial charge is 0.444 e. The van der Waals surface area contributed by atoms with Gasteiger partial charge in [0.15, 0.2) is 0 Å². The zero-order valence-corrected chi connectivity index (χ0v) is 7.84. The van der Waals surface area contributed by atoms with Crippen LogP contribution in [-0.4, -0.2) is 15.2 Å². The van der Waals surface area contributed by atoms with Crippen LogP contribution in [0.3, 0.4) is 0 Å². The van der Waals surface area contributed by atoms with Crippen LogP contribution in [-0.2, 0) is 6.54 Å². The Morgan fingerprint density at radius 1 is 1.62 bits per heavy atom. The number of nitrogens with zero attached hydrogens (tertiary/aromatic N) is 3. The van der Waals surface area contributed by atoms with E-state index in [2.05, 4.69) is 20.5 Å². The smallest absolute Gasteiger partial charge is 0.213 e. The Kier molecular flexibility index (Phi) is 2.22. The van der Waals surface area contributed by atoms with Crippen molar-refractivity contribution in [2.24, 2.45) is 0 Å². The van der Waals surface area contributed by atoms with Crippen molar-refractivity contribution in [2.45, 2.75) is 13.5 Å². The standard InChI is InChI=1S/C7H8N4OS/c1-5-2-8-6(12-5)3-9-7-11-10-4-13-7/h2,4H,3H2,1H3,(H,9,11). The van der Waals surface area contributed by atoms with Crippen LogP contribution in [0.15, 0.2) is 16.1 Å². The highest BCUT2D eigenvalue weighted by atomic mass is 32.1. The van der Waals surface area contributed by atoms with Crippen LogP contribution in [0.25, 0.3) is 0 Å². The lowest BCUT2D eigenvalue weighted by Crippen LogP contribution is -1.98. The molecule has 6 heteroatoms. The molecule has 0 radical (unpaired) electrons. The highest BCUT2D eigenvalue weighted by molar-refractivity contribution is 7.13. The second-order valence-electron chi connectivity index (χ2n) is 2.46. The predicted octanol–water partition coefficient (Wildman–Crippen LogP) is 1.45. The Morgan fingerprint density at radius 3 is 3.15 bits per heavy atom. The number of anilines is 1. The zero-order chi connectivity index (χ0) is 9.10. The molecule has 0 aliphatic heterocycles. The summed E-state index contributed by atoms with van der Waals surface area (Å²) in [6.45, 7) is 2.41. The van der Waals surface area contributed by atoms with E-state index in [9.17, 15) is 0 Å². The van der Waals surface area contributed by atoms with E-state index in [1.807, 2.05) is 6.92 Å². The van der Waals surface area contributed by atoms with Crippen LogP contribution >= 0.6 is 11.3 Å². The summed E-state index contributed by atoms with van der Waals surface area (Å²) >= 11 is 1.45. The van der Waals surface area contributed by atoms with Gasteiger partial charge in [-0.05, 0) is 6.92 Å². The SMILES string of the molecule is Cc1cnc(CNc2nncs2)o1. The topological polar surface area (TPSA) is 63.8 Å². The molecule has 0 saturated carbocycles. The summed E-state index contributed by atoms with van der Waals surface area (Å²) in [5.74, 6) is 1.47. The highest BCUT2D eigenvalue weighted by Gasteiger charge is 2.01. The van der Waals surface area contributed by atoms with Gasteiger partial charge in [-0.3, -0.25) is 0 Å². The van der Waals surface area contributed by atoms with Crippen molar-refractivity contribution in [1.82, 2.24) is 15.2 Å². The first kappa shape index (κ1) is 8.18. The van der Waals surface area contributed by atoms with Crippen molar-refractivity contribution >= 4 is 16.5 Å². The molecule has 2 aromatic rings. The molecular weight excluding hydrogens is 188 g/mol. The van der Waals surface area contributed by atoms with E-state index in [4.69, 9.17) is 4.42 Å². The molecule has 0 aliphatic carbocycles. The van der Waals surface area contributed by atoms with E-state index in [0.717, 1.165) is 10.9 Å². The Bertz CT molecular complexity index is 370. The normalized spacial score (nSPS) is 10.2. The predicted molar refractivity (Wildman–Crippen MR) is 48.5 cm³/mol. The molecule has 0 unspecified atom stereocenters. The molecule has 0 aliphatic rings. The fraction of sp³-hybridized carbons (Fsp3) is 0.286. The fourth-order valence-corrected chi connectivity index (χ4v) is 1.33. The molecule has 5 nitrogen and oxygen atoms in total. The third kappa shape index (κ3) is 2.03. The summed E-state index contributed by atoms with van der Waals surface area (Å²) in [5.41, 5.74) is 1.67. The fourth-order valence-electron chi connectivity index (χ4n) is 0.884. The minimum Gasteiger partial charge on any atom is -0.444 e. The number of oxazole rings is 1. The molecule has 2 aromatic heterocycles. The molecule has 0 atom stereocenters. The van der Waals surface area contributed by atoms with Crippen LogP contribution in [0.4, 0.5) is 5.13 Å². The van der Waals surface area contributed by atoms with Crippen LogP contribution in [0.1, 0.15) is 11.7 Å². The van der Waals surface area contributed by atoms with Crippen LogP contribution in [0, 0.1) is 6.92 Å². The summed E-state index contributed by atoms with van der Waals surface area (Å²) in [4.78, 5) is 4.04. The summed E-state index contributed by atoms with van der Waals surface area (Å²) in [6, 6.07) is 0. The average molecular weight is 196 g/mol. The quantitative estimate of drug-likeness (QED) is 0.804. The van der Waals surface area contributed by atoms with E-state index in [0.29, 0.717) is 12.4 Å². The van der Waals surface area contributed by atoms with Gasteiger partial charge in [0.2, 0.25) is 11.0 Å². The van der Waals surface area contributed by atoms with Gasteiger partial charge in [-0.15, -0.1) is 10.2 Å². The minimum absolute atomic E-state index is 0.545. The van der Waals surface area contributed by atoms with Crippen molar-refractivity contribution in [3.63, 3.8) is 0 Å². The number of hydrogen-bond donors (Lipinski definition) is 1. The van der Waals surface area contributed by atoms with Gasteiger partial charge in [-0.25, -0.2) is 4.98 Å². The van der Waals surface area contributed by atoms with Gasteiger partial charge in [-0.2, -0.15) is 0 Å². The molecule has 0 saturated heterocycles. The van der Waals surface area contributed by atoms with Crippen molar-refractivity contribution in [3.05, 3.63) is 23.4 Å². The molecule has 68 valence electrons. The highest BCUT2D eigenvalue weighted by Crippen LogP contribution is 2.10. The number of rotatable bonds is 3. The number of nitrogens with one attached hydrogen (secondary N) is 1. The molecule has 1 N–H and O–H groups in total. The first-order valence-corrected chi connectivity index (χ1v) is 4.64. The molecule has 2 rings (SSSR count). The second-order valence-corrected chi connectivity index (χ2v) is 3.30. The van der Waals surface area contributed by atoms with Crippen LogP contribution in [0.5, 0.6) is 0 Å². The van der Waals surface area contributed by atoms with Crippen molar-refractivity contribution in [1.29, 1.82) is 0 Å². The molecule has 0 bridgehead atoms. The van der Waals surface area contributed by atoms with E-state index >= 15 is 0 Å². The Balaban J connectivity index is 1.93. The molecular formula is C7H8N4OS. The minimum atomic E-state index is 0.545. The van der Waals surface area contributed by atoms with Gasteiger partial charge < -0.3 is 9.73 Å². The van der Waals surface area contributed by atoms with E-state index < -0.39 is 0 Å². The molecule has 0 fully saturated rings. The lowest BCUT2D eigenvalue weighted by molar-refractivity contribution is 0.479. The lowest BCUT2D eigenvalue weighted by atomic mass is 10.6. The van der Waals surface area contributed by atoms with Gasteiger partial charge in [0.1, 0.15) is 11.3 Å². The Hall–Kier alpha value is -1.43. The van der Waals surface area contributed by atoms with E-state index in [-0.39, 0.29) is 0 Å². The first-order valence-electron chi connectivity index (χ1n) is 3.76. The monoisotopic (exact) mass is 196 g/mol. The maximum absolute atomic E-state index is 5.26. The number of hydrogen-bond acceptors (Lipinski definition) is 6. The zero-order valence-electron chi connectivity index (χ0n) is 7.02. The summed E-state index contributed by atoms with van der Waals surface area (Å²) < 4.78 is 5.26. The summed E-state index contributed by atoms with van der Waals surface area (Å²) in [7, 11) is 0. The molecule has 2 heterocycles.